The summed E-state index contributed by atoms with van der Waals surface area (Å²) in [5.74, 6) is 0.707. The third-order valence-electron chi connectivity index (χ3n) is 4.29. The van der Waals surface area contributed by atoms with Crippen molar-refractivity contribution in [3.8, 4) is 0 Å². The molecule has 2 aromatic heterocycles. The fourth-order valence-electron chi connectivity index (χ4n) is 2.78. The average Bonchev–Trinajstić information content (AvgIpc) is 2.56. The minimum Gasteiger partial charge on any atom is -0.349 e. The molecule has 1 aliphatic heterocycles. The van der Waals surface area contributed by atoms with E-state index in [0.717, 1.165) is 30.9 Å². The Morgan fingerprint density at radius 3 is 2.95 bits per heavy atom. The van der Waals surface area contributed by atoms with E-state index >= 15 is 0 Å². The van der Waals surface area contributed by atoms with E-state index in [9.17, 15) is 4.79 Å². The molecular weight excluding hydrogens is 276 g/mol. The van der Waals surface area contributed by atoms with Crippen molar-refractivity contribution in [1.82, 2.24) is 20.2 Å². The number of nitrogens with one attached hydrogen (secondary N) is 1. The lowest BCUT2D eigenvalue weighted by atomic mass is 9.99. The molecule has 0 spiro atoms. The molecule has 0 saturated carbocycles. The Labute approximate surface area is 130 Å². The normalized spacial score (nSPS) is 16.8. The fraction of sp³-hybridized carbons (Fsp3) is 0.471. The summed E-state index contributed by atoms with van der Waals surface area (Å²) in [5, 5.41) is 3.90. The van der Waals surface area contributed by atoms with Crippen LogP contribution in [0.5, 0.6) is 0 Å². The number of hydrogen-bond acceptors (Lipinski definition) is 4. The van der Waals surface area contributed by atoms with Crippen LogP contribution < -0.4 is 5.32 Å². The molecule has 5 nitrogen and oxygen atoms in total. The summed E-state index contributed by atoms with van der Waals surface area (Å²) in [7, 11) is 0. The van der Waals surface area contributed by atoms with Crippen molar-refractivity contribution in [2.45, 2.75) is 19.8 Å². The Bertz CT molecular complexity index is 650. The highest BCUT2D eigenvalue weighted by Gasteiger charge is 2.15. The first-order chi connectivity index (χ1) is 10.7. The van der Waals surface area contributed by atoms with Gasteiger partial charge in [0.2, 0.25) is 0 Å². The Balaban J connectivity index is 1.52. The van der Waals surface area contributed by atoms with Crippen LogP contribution in [0.25, 0.3) is 11.0 Å². The minimum atomic E-state index is -0.127. The minimum absolute atomic E-state index is 0.127. The number of aromatic nitrogens is 2. The molecule has 1 amide bonds. The summed E-state index contributed by atoms with van der Waals surface area (Å²) in [6.45, 7) is 6.14. The number of pyridine rings is 2. The van der Waals surface area contributed by atoms with Gasteiger partial charge >= 0.3 is 0 Å². The predicted octanol–water partition coefficient (Wildman–Crippen LogP) is 2.09. The van der Waals surface area contributed by atoms with E-state index in [1.165, 1.54) is 12.8 Å². The molecule has 0 bridgehead atoms. The van der Waals surface area contributed by atoms with E-state index < -0.39 is 0 Å². The zero-order valence-corrected chi connectivity index (χ0v) is 13.0. The highest BCUT2D eigenvalue weighted by molar-refractivity contribution is 5.94. The maximum Gasteiger partial charge on any atom is 0.270 e. The van der Waals surface area contributed by atoms with Crippen LogP contribution in [-0.2, 0) is 0 Å². The van der Waals surface area contributed by atoms with Crippen molar-refractivity contribution in [1.29, 1.82) is 0 Å². The van der Waals surface area contributed by atoms with E-state index in [1.807, 2.05) is 18.2 Å². The van der Waals surface area contributed by atoms with Gasteiger partial charge < -0.3 is 10.2 Å². The SMILES string of the molecule is CC1CCN(CCNC(=O)c2ccc3cccnc3n2)CC1. The molecule has 1 N–H and O–H groups in total. The van der Waals surface area contributed by atoms with E-state index in [0.29, 0.717) is 17.9 Å². The number of fused-ring (bicyclic) bond motifs is 1. The summed E-state index contributed by atoms with van der Waals surface area (Å²) in [6.07, 6.45) is 4.20. The van der Waals surface area contributed by atoms with Crippen LogP contribution >= 0.6 is 0 Å². The first kappa shape index (κ1) is 14.9. The van der Waals surface area contributed by atoms with Gasteiger partial charge in [0.1, 0.15) is 5.69 Å². The number of carbonyl (C=O) groups excluding carboxylic acids is 1. The molecule has 5 heteroatoms. The van der Waals surface area contributed by atoms with Crippen molar-refractivity contribution >= 4 is 16.9 Å². The summed E-state index contributed by atoms with van der Waals surface area (Å²) in [5.41, 5.74) is 1.04. The lowest BCUT2D eigenvalue weighted by molar-refractivity contribution is 0.0940. The Morgan fingerprint density at radius 1 is 1.32 bits per heavy atom. The van der Waals surface area contributed by atoms with Crippen LogP contribution in [0.4, 0.5) is 0 Å². The predicted molar refractivity (Wildman–Crippen MR) is 86.7 cm³/mol. The number of carbonyl (C=O) groups is 1. The van der Waals surface area contributed by atoms with Gasteiger partial charge in [-0.25, -0.2) is 9.97 Å². The zero-order valence-electron chi connectivity index (χ0n) is 13.0. The van der Waals surface area contributed by atoms with Crippen molar-refractivity contribution in [3.05, 3.63) is 36.2 Å². The van der Waals surface area contributed by atoms with Crippen LogP contribution in [-0.4, -0.2) is 47.0 Å². The zero-order chi connectivity index (χ0) is 15.4. The second kappa shape index (κ2) is 6.83. The Kier molecular flexibility index (Phi) is 4.63. The Hall–Kier alpha value is -2.01. The molecular formula is C17H22N4O. The molecule has 1 fully saturated rings. The maximum atomic E-state index is 12.2. The Morgan fingerprint density at radius 2 is 2.14 bits per heavy atom. The summed E-state index contributed by atoms with van der Waals surface area (Å²) in [6, 6.07) is 7.44. The van der Waals surface area contributed by atoms with Crippen LogP contribution in [0.2, 0.25) is 0 Å². The van der Waals surface area contributed by atoms with Gasteiger partial charge in [0.25, 0.3) is 5.91 Å². The van der Waals surface area contributed by atoms with Crippen molar-refractivity contribution < 1.29 is 4.79 Å². The monoisotopic (exact) mass is 298 g/mol. The first-order valence-corrected chi connectivity index (χ1v) is 7.95. The van der Waals surface area contributed by atoms with Gasteiger partial charge in [-0.05, 0) is 56.1 Å². The van der Waals surface area contributed by atoms with Gasteiger partial charge in [0, 0.05) is 24.7 Å². The third-order valence-corrected chi connectivity index (χ3v) is 4.29. The van der Waals surface area contributed by atoms with Gasteiger partial charge in [0.05, 0.1) is 0 Å². The van der Waals surface area contributed by atoms with Gasteiger partial charge in [-0.3, -0.25) is 4.79 Å². The van der Waals surface area contributed by atoms with Crippen molar-refractivity contribution in [3.63, 3.8) is 0 Å². The fourth-order valence-corrected chi connectivity index (χ4v) is 2.78. The summed E-state index contributed by atoms with van der Waals surface area (Å²) < 4.78 is 0. The van der Waals surface area contributed by atoms with Crippen LogP contribution in [0.15, 0.2) is 30.5 Å². The number of hydrogen-bond donors (Lipinski definition) is 1. The molecule has 0 unspecified atom stereocenters. The second-order valence-corrected chi connectivity index (χ2v) is 6.03. The number of rotatable bonds is 4. The average molecular weight is 298 g/mol. The second-order valence-electron chi connectivity index (χ2n) is 6.03. The molecule has 0 aromatic carbocycles. The van der Waals surface area contributed by atoms with E-state index in [-0.39, 0.29) is 5.91 Å². The lowest BCUT2D eigenvalue weighted by Gasteiger charge is -2.30. The number of likely N-dealkylation sites (tertiary alicyclic amines) is 1. The summed E-state index contributed by atoms with van der Waals surface area (Å²) >= 11 is 0. The lowest BCUT2D eigenvalue weighted by Crippen LogP contribution is -2.39. The molecule has 1 saturated heterocycles. The molecule has 3 rings (SSSR count). The molecule has 0 radical (unpaired) electrons. The highest BCUT2D eigenvalue weighted by Crippen LogP contribution is 2.15. The smallest absolute Gasteiger partial charge is 0.270 e. The molecule has 0 aliphatic carbocycles. The van der Waals surface area contributed by atoms with Gasteiger partial charge in [-0.15, -0.1) is 0 Å². The number of nitrogens with zero attached hydrogens (tertiary/aromatic N) is 3. The number of piperidine rings is 1. The van der Waals surface area contributed by atoms with Crippen molar-refractivity contribution in [2.24, 2.45) is 5.92 Å². The highest BCUT2D eigenvalue weighted by atomic mass is 16.1. The van der Waals surface area contributed by atoms with Crippen LogP contribution in [0.1, 0.15) is 30.3 Å². The van der Waals surface area contributed by atoms with Crippen molar-refractivity contribution in [2.75, 3.05) is 26.2 Å². The van der Waals surface area contributed by atoms with E-state index in [2.05, 4.69) is 27.1 Å². The first-order valence-electron chi connectivity index (χ1n) is 7.95. The molecule has 22 heavy (non-hydrogen) atoms. The molecule has 2 aromatic rings. The molecule has 116 valence electrons. The molecule has 0 atom stereocenters. The van der Waals surface area contributed by atoms with Gasteiger partial charge in [-0.2, -0.15) is 0 Å². The third kappa shape index (κ3) is 3.60. The summed E-state index contributed by atoms with van der Waals surface area (Å²) in [4.78, 5) is 23.1. The number of amides is 1. The standard InChI is InChI=1S/C17H22N4O/c1-13-6-10-21(11-7-13)12-9-19-17(22)15-5-4-14-3-2-8-18-16(14)20-15/h2-5,8,13H,6-7,9-12H2,1H3,(H,19,22). The van der Waals surface area contributed by atoms with Crippen LogP contribution in [0, 0.1) is 5.92 Å². The van der Waals surface area contributed by atoms with Crippen LogP contribution in [0.3, 0.4) is 0 Å². The largest absolute Gasteiger partial charge is 0.349 e. The van der Waals surface area contributed by atoms with E-state index in [4.69, 9.17) is 0 Å². The topological polar surface area (TPSA) is 58.1 Å². The quantitative estimate of drug-likeness (QED) is 0.939. The van der Waals surface area contributed by atoms with Gasteiger partial charge in [-0.1, -0.05) is 6.92 Å². The molecule has 1 aliphatic rings. The maximum absolute atomic E-state index is 12.2. The van der Waals surface area contributed by atoms with E-state index in [1.54, 1.807) is 12.3 Å². The molecule has 3 heterocycles. The van der Waals surface area contributed by atoms with Gasteiger partial charge in [0.15, 0.2) is 5.65 Å².